The predicted octanol–water partition coefficient (Wildman–Crippen LogP) is 5.74. The van der Waals surface area contributed by atoms with E-state index in [-0.39, 0.29) is 17.3 Å². The molecule has 48 heavy (non-hydrogen) atoms. The van der Waals surface area contributed by atoms with Crippen LogP contribution in [0.25, 0.3) is 33.3 Å². The summed E-state index contributed by atoms with van der Waals surface area (Å²) in [6.45, 7) is 12.1. The number of aryl methyl sites for hydroxylation is 3. The summed E-state index contributed by atoms with van der Waals surface area (Å²) in [5, 5.41) is 10.4. The van der Waals surface area contributed by atoms with Gasteiger partial charge in [0.25, 0.3) is 15.9 Å². The first-order valence-corrected chi connectivity index (χ1v) is 17.7. The summed E-state index contributed by atoms with van der Waals surface area (Å²) in [5.41, 5.74) is 8.76. The number of anilines is 1. The van der Waals surface area contributed by atoms with Crippen molar-refractivity contribution in [2.24, 2.45) is 0 Å². The van der Waals surface area contributed by atoms with E-state index in [1.54, 1.807) is 62.8 Å². The third kappa shape index (κ3) is 6.48. The Morgan fingerprint density at radius 3 is 2.12 bits per heavy atom. The quantitative estimate of drug-likeness (QED) is 0.226. The highest BCUT2D eigenvalue weighted by Crippen LogP contribution is 2.37. The Bertz CT molecular complexity index is 2060. The first kappa shape index (κ1) is 33.4. The minimum Gasteiger partial charge on any atom is -0.392 e. The van der Waals surface area contributed by atoms with Crippen LogP contribution in [-0.4, -0.2) is 91.1 Å². The van der Waals surface area contributed by atoms with E-state index in [4.69, 9.17) is 4.98 Å². The maximum atomic E-state index is 14.0. The maximum Gasteiger partial charge on any atom is 0.269 e. The maximum absolute atomic E-state index is 14.0. The lowest BCUT2D eigenvalue weighted by atomic mass is 9.97. The van der Waals surface area contributed by atoms with E-state index in [2.05, 4.69) is 42.8 Å². The summed E-state index contributed by atoms with van der Waals surface area (Å²) in [7, 11) is -0.157. The Labute approximate surface area is 283 Å². The highest BCUT2D eigenvalue weighted by atomic mass is 32.2. The molecular formula is C38H43N5O4S. The van der Waals surface area contributed by atoms with Crippen molar-refractivity contribution >= 4 is 32.7 Å². The number of hydrogen-bond donors (Lipinski definition) is 1. The largest absolute Gasteiger partial charge is 0.392 e. The Kier molecular flexibility index (Phi) is 9.17. The molecule has 1 aliphatic rings. The summed E-state index contributed by atoms with van der Waals surface area (Å²) in [6.07, 6.45) is 2.73. The number of amides is 1. The van der Waals surface area contributed by atoms with Gasteiger partial charge in [0.05, 0.1) is 11.0 Å². The lowest BCUT2D eigenvalue weighted by Gasteiger charge is -2.36. The third-order valence-corrected chi connectivity index (χ3v) is 10.8. The normalized spacial score (nSPS) is 14.8. The molecule has 0 aliphatic carbocycles. The summed E-state index contributed by atoms with van der Waals surface area (Å²) in [6, 6.07) is 20.3. The minimum absolute atomic E-state index is 0.176. The number of benzene rings is 3. The SMILES string of the molecule is Cc1ccc(S(=O)(=O)n2cc(-c3ccc(C(=O)N(C)C[C@H](C)O)cc3)c3cc(-c4cc(C)c(N5CCN(C)CC5)c(C)c4)cnc32)cc1. The molecular weight excluding hydrogens is 623 g/mol. The number of rotatable bonds is 8. The standard InChI is InChI=1S/C38H43N5O4S/c1-25-7-13-33(14-8-25)48(46,47)43-24-35(29-9-11-30(12-10-29)38(45)41(6)23-28(4)44)34-21-32(22-39-37(34)43)31-19-26(2)36(27(3)20-31)42-17-15-40(5)16-18-42/h7-14,19-22,24,28,44H,15-18,23H2,1-6H3/t28-/m0/s1. The molecule has 1 N–H and O–H groups in total. The topological polar surface area (TPSA) is 99.0 Å². The number of nitrogens with zero attached hydrogens (tertiary/aromatic N) is 5. The molecule has 250 valence electrons. The number of pyridine rings is 1. The van der Waals surface area contributed by atoms with Crippen molar-refractivity contribution in [3.05, 3.63) is 101 Å². The molecule has 1 saturated heterocycles. The molecule has 6 rings (SSSR count). The number of carbonyl (C=O) groups is 1. The van der Waals surface area contributed by atoms with Gasteiger partial charge in [-0.3, -0.25) is 4.79 Å². The zero-order valence-corrected chi connectivity index (χ0v) is 29.3. The molecule has 9 nitrogen and oxygen atoms in total. The molecule has 3 heterocycles. The molecule has 0 unspecified atom stereocenters. The number of aliphatic hydroxyl groups is 1. The van der Waals surface area contributed by atoms with Crippen molar-refractivity contribution in [3.8, 4) is 22.3 Å². The van der Waals surface area contributed by atoms with Crippen LogP contribution in [0.5, 0.6) is 0 Å². The van der Waals surface area contributed by atoms with Crippen LogP contribution in [0.4, 0.5) is 5.69 Å². The number of aromatic nitrogens is 2. The smallest absolute Gasteiger partial charge is 0.269 e. The number of hydrogen-bond acceptors (Lipinski definition) is 7. The van der Waals surface area contributed by atoms with Gasteiger partial charge in [-0.25, -0.2) is 17.4 Å². The average Bonchev–Trinajstić information content (AvgIpc) is 3.45. The Morgan fingerprint density at radius 2 is 1.52 bits per heavy atom. The summed E-state index contributed by atoms with van der Waals surface area (Å²) < 4.78 is 29.3. The van der Waals surface area contributed by atoms with Crippen molar-refractivity contribution in [1.82, 2.24) is 18.8 Å². The van der Waals surface area contributed by atoms with Crippen LogP contribution >= 0.6 is 0 Å². The van der Waals surface area contributed by atoms with E-state index in [9.17, 15) is 18.3 Å². The second-order valence-corrected chi connectivity index (χ2v) is 14.9. The summed E-state index contributed by atoms with van der Waals surface area (Å²) >= 11 is 0. The molecule has 0 bridgehead atoms. The molecule has 0 saturated carbocycles. The second-order valence-electron chi connectivity index (χ2n) is 13.1. The zero-order chi connectivity index (χ0) is 34.3. The van der Waals surface area contributed by atoms with Crippen LogP contribution in [0.2, 0.25) is 0 Å². The van der Waals surface area contributed by atoms with E-state index in [1.807, 2.05) is 25.1 Å². The Balaban J connectivity index is 1.45. The van der Waals surface area contributed by atoms with E-state index in [0.717, 1.165) is 48.4 Å². The highest BCUT2D eigenvalue weighted by molar-refractivity contribution is 7.90. The van der Waals surface area contributed by atoms with Gasteiger partial charge in [0.15, 0.2) is 5.65 Å². The number of fused-ring (bicyclic) bond motifs is 1. The van der Waals surface area contributed by atoms with Gasteiger partial charge in [0.2, 0.25) is 0 Å². The van der Waals surface area contributed by atoms with Crippen LogP contribution < -0.4 is 4.90 Å². The summed E-state index contributed by atoms with van der Waals surface area (Å²) in [4.78, 5) is 24.2. The second kappa shape index (κ2) is 13.2. The molecule has 5 aromatic rings. The van der Waals surface area contributed by atoms with Crippen molar-refractivity contribution < 1.29 is 18.3 Å². The van der Waals surface area contributed by atoms with Crippen molar-refractivity contribution in [3.63, 3.8) is 0 Å². The van der Waals surface area contributed by atoms with Gasteiger partial charge >= 0.3 is 0 Å². The lowest BCUT2D eigenvalue weighted by molar-refractivity contribution is 0.0703. The lowest BCUT2D eigenvalue weighted by Crippen LogP contribution is -2.45. The van der Waals surface area contributed by atoms with Gasteiger partial charge in [-0.1, -0.05) is 29.8 Å². The fourth-order valence-electron chi connectivity index (χ4n) is 6.62. The Morgan fingerprint density at radius 1 is 0.896 bits per heavy atom. The molecule has 0 spiro atoms. The van der Waals surface area contributed by atoms with Gasteiger partial charge < -0.3 is 19.8 Å². The molecule has 1 amide bonds. The van der Waals surface area contributed by atoms with Crippen LogP contribution in [0.1, 0.15) is 34.0 Å². The van der Waals surface area contributed by atoms with Crippen LogP contribution in [-0.2, 0) is 10.0 Å². The van der Waals surface area contributed by atoms with E-state index in [1.165, 1.54) is 25.7 Å². The van der Waals surface area contributed by atoms with Gasteiger partial charge in [0, 0.05) is 79.9 Å². The number of aliphatic hydroxyl groups excluding tert-OH is 1. The van der Waals surface area contributed by atoms with Crippen LogP contribution in [0.15, 0.2) is 84.0 Å². The highest BCUT2D eigenvalue weighted by Gasteiger charge is 2.25. The van der Waals surface area contributed by atoms with Gasteiger partial charge in [-0.2, -0.15) is 0 Å². The van der Waals surface area contributed by atoms with Crippen LogP contribution in [0.3, 0.4) is 0 Å². The monoisotopic (exact) mass is 665 g/mol. The first-order chi connectivity index (χ1) is 22.8. The first-order valence-electron chi connectivity index (χ1n) is 16.3. The van der Waals surface area contributed by atoms with Crippen molar-refractivity contribution in [2.45, 2.75) is 38.7 Å². The molecule has 3 aromatic carbocycles. The number of piperazine rings is 1. The molecule has 10 heteroatoms. The predicted molar refractivity (Wildman–Crippen MR) is 192 cm³/mol. The minimum atomic E-state index is -3.97. The zero-order valence-electron chi connectivity index (χ0n) is 28.4. The van der Waals surface area contributed by atoms with E-state index >= 15 is 0 Å². The number of carbonyl (C=O) groups excluding carboxylic acids is 1. The molecule has 1 fully saturated rings. The molecule has 2 aromatic heterocycles. The molecule has 1 aliphatic heterocycles. The number of likely N-dealkylation sites (N-methyl/N-ethyl adjacent to an activating group) is 2. The Hall–Kier alpha value is -4.51. The third-order valence-electron chi connectivity index (χ3n) is 9.16. The molecule has 0 radical (unpaired) electrons. The van der Waals surface area contributed by atoms with Crippen LogP contribution in [0, 0.1) is 20.8 Å². The van der Waals surface area contributed by atoms with Gasteiger partial charge in [-0.05, 0) is 99.5 Å². The van der Waals surface area contributed by atoms with Crippen molar-refractivity contribution in [2.75, 3.05) is 51.7 Å². The van der Waals surface area contributed by atoms with Gasteiger partial charge in [-0.15, -0.1) is 0 Å². The summed E-state index contributed by atoms with van der Waals surface area (Å²) in [5.74, 6) is -0.207. The van der Waals surface area contributed by atoms with Gasteiger partial charge in [0.1, 0.15) is 0 Å². The van der Waals surface area contributed by atoms with E-state index < -0.39 is 16.1 Å². The van der Waals surface area contributed by atoms with Crippen molar-refractivity contribution in [1.29, 1.82) is 0 Å². The van der Waals surface area contributed by atoms with E-state index in [0.29, 0.717) is 22.2 Å². The fourth-order valence-corrected chi connectivity index (χ4v) is 7.94. The average molecular weight is 666 g/mol. The molecule has 1 atom stereocenters. The fraction of sp³-hybridized carbons (Fsp3) is 0.316.